The smallest absolute Gasteiger partial charge is 0.270 e. The van der Waals surface area contributed by atoms with Crippen LogP contribution >= 0.6 is 11.3 Å². The Labute approximate surface area is 181 Å². The minimum Gasteiger partial charge on any atom is -0.334 e. The number of hydrogen-bond donors (Lipinski definition) is 0. The fourth-order valence-electron chi connectivity index (χ4n) is 4.01. The number of allylic oxidation sites excluding steroid dienone is 2. The molecule has 3 aromatic rings. The summed E-state index contributed by atoms with van der Waals surface area (Å²) in [5.74, 6) is 0.0729. The third-order valence-electron chi connectivity index (χ3n) is 5.72. The molecular formula is C24H27N3O2S. The van der Waals surface area contributed by atoms with Crippen LogP contribution in [0.15, 0.2) is 53.9 Å². The fourth-order valence-corrected chi connectivity index (χ4v) is 4.92. The second-order valence-corrected chi connectivity index (χ2v) is 8.75. The first-order valence-corrected chi connectivity index (χ1v) is 11.2. The predicted molar refractivity (Wildman–Crippen MR) is 122 cm³/mol. The van der Waals surface area contributed by atoms with Gasteiger partial charge in [-0.15, -0.1) is 11.3 Å². The molecule has 4 rings (SSSR count). The number of amides is 2. The van der Waals surface area contributed by atoms with E-state index in [0.29, 0.717) is 31.7 Å². The number of fused-ring (bicyclic) bond motifs is 1. The number of carbonyl (C=O) groups excluding carboxylic acids is 2. The summed E-state index contributed by atoms with van der Waals surface area (Å²) in [5.41, 5.74) is 2.56. The van der Waals surface area contributed by atoms with Crippen LogP contribution in [0.4, 0.5) is 0 Å². The number of piperazine rings is 1. The van der Waals surface area contributed by atoms with E-state index in [1.165, 1.54) is 0 Å². The molecule has 30 heavy (non-hydrogen) atoms. The summed E-state index contributed by atoms with van der Waals surface area (Å²) in [7, 11) is 0. The molecule has 1 aliphatic rings. The average Bonchev–Trinajstić information content (AvgIpc) is 3.33. The van der Waals surface area contributed by atoms with Crippen molar-refractivity contribution < 1.29 is 9.59 Å². The van der Waals surface area contributed by atoms with Crippen LogP contribution in [0.2, 0.25) is 0 Å². The SMILES string of the molecule is C/C=C\Cn1c(C(=O)N2CCN(C(=O)c3ccc(C)cc3)[C@@H](C)C2)cc2ccsc21. The van der Waals surface area contributed by atoms with Crippen LogP contribution in [0.5, 0.6) is 0 Å². The van der Waals surface area contributed by atoms with Gasteiger partial charge in [0, 0.05) is 43.2 Å². The van der Waals surface area contributed by atoms with Gasteiger partial charge in [0.1, 0.15) is 10.5 Å². The van der Waals surface area contributed by atoms with E-state index >= 15 is 0 Å². The summed E-state index contributed by atoms with van der Waals surface area (Å²) in [6, 6.07) is 11.7. The number of carbonyl (C=O) groups is 2. The second-order valence-electron chi connectivity index (χ2n) is 7.86. The van der Waals surface area contributed by atoms with Crippen molar-refractivity contribution in [3.8, 4) is 0 Å². The van der Waals surface area contributed by atoms with E-state index in [4.69, 9.17) is 0 Å². The Bertz CT molecular complexity index is 1090. The van der Waals surface area contributed by atoms with Gasteiger partial charge >= 0.3 is 0 Å². The van der Waals surface area contributed by atoms with Gasteiger partial charge in [0.15, 0.2) is 0 Å². The standard InChI is InChI=1S/C24H27N3O2S/c1-4-5-11-27-21(15-20-10-14-30-24(20)27)23(29)25-12-13-26(18(3)16-25)22(28)19-8-6-17(2)7-9-19/h4-10,14-15,18H,11-13,16H2,1-3H3/b5-4-/t18-/m0/s1. The maximum Gasteiger partial charge on any atom is 0.270 e. The molecule has 156 valence electrons. The Morgan fingerprint density at radius 2 is 1.90 bits per heavy atom. The molecule has 1 aromatic carbocycles. The summed E-state index contributed by atoms with van der Waals surface area (Å²) >= 11 is 1.66. The highest BCUT2D eigenvalue weighted by Gasteiger charge is 2.32. The fraction of sp³-hybridized carbons (Fsp3) is 0.333. The lowest BCUT2D eigenvalue weighted by Crippen LogP contribution is -2.55. The quantitative estimate of drug-likeness (QED) is 0.579. The molecule has 0 saturated carbocycles. The molecule has 1 atom stereocenters. The minimum atomic E-state index is -0.0310. The van der Waals surface area contributed by atoms with E-state index in [1.54, 1.807) is 11.3 Å². The van der Waals surface area contributed by atoms with Gasteiger partial charge in [0.05, 0.1) is 0 Å². The molecule has 5 nitrogen and oxygen atoms in total. The predicted octanol–water partition coefficient (Wildman–Crippen LogP) is 4.57. The molecule has 3 heterocycles. The lowest BCUT2D eigenvalue weighted by atomic mass is 10.1. The monoisotopic (exact) mass is 421 g/mol. The third-order valence-corrected chi connectivity index (χ3v) is 6.67. The number of nitrogens with zero attached hydrogens (tertiary/aromatic N) is 3. The molecule has 2 amide bonds. The van der Waals surface area contributed by atoms with E-state index in [-0.39, 0.29) is 17.9 Å². The van der Waals surface area contributed by atoms with Crippen LogP contribution in [0.3, 0.4) is 0 Å². The largest absolute Gasteiger partial charge is 0.334 e. The Hall–Kier alpha value is -2.86. The first-order valence-electron chi connectivity index (χ1n) is 10.3. The highest BCUT2D eigenvalue weighted by molar-refractivity contribution is 7.16. The van der Waals surface area contributed by atoms with Gasteiger partial charge in [-0.25, -0.2) is 0 Å². The summed E-state index contributed by atoms with van der Waals surface area (Å²) in [6.45, 7) is 8.33. The Kier molecular flexibility index (Phi) is 5.77. The summed E-state index contributed by atoms with van der Waals surface area (Å²) in [5, 5.41) is 3.16. The van der Waals surface area contributed by atoms with E-state index in [0.717, 1.165) is 21.5 Å². The zero-order valence-electron chi connectivity index (χ0n) is 17.7. The lowest BCUT2D eigenvalue weighted by molar-refractivity contribution is 0.0409. The van der Waals surface area contributed by atoms with Crippen molar-refractivity contribution >= 4 is 33.4 Å². The molecular weight excluding hydrogens is 394 g/mol. The molecule has 0 unspecified atom stereocenters. The van der Waals surface area contributed by atoms with Crippen molar-refractivity contribution in [3.63, 3.8) is 0 Å². The van der Waals surface area contributed by atoms with Gasteiger partial charge < -0.3 is 14.4 Å². The Morgan fingerprint density at radius 1 is 1.13 bits per heavy atom. The molecule has 2 aromatic heterocycles. The van der Waals surface area contributed by atoms with E-state index in [9.17, 15) is 9.59 Å². The average molecular weight is 422 g/mol. The van der Waals surface area contributed by atoms with Crippen LogP contribution < -0.4 is 0 Å². The van der Waals surface area contributed by atoms with E-state index in [2.05, 4.69) is 22.1 Å². The van der Waals surface area contributed by atoms with Crippen molar-refractivity contribution in [1.82, 2.24) is 14.4 Å². The van der Waals surface area contributed by atoms with Crippen molar-refractivity contribution in [2.75, 3.05) is 19.6 Å². The molecule has 0 aliphatic carbocycles. The number of aryl methyl sites for hydroxylation is 1. The first kappa shape index (κ1) is 20.4. The molecule has 0 bridgehead atoms. The summed E-state index contributed by atoms with van der Waals surface area (Å²) in [4.78, 5) is 31.2. The highest BCUT2D eigenvalue weighted by Crippen LogP contribution is 2.27. The van der Waals surface area contributed by atoms with Crippen LogP contribution in [0, 0.1) is 6.92 Å². The number of rotatable bonds is 4. The minimum absolute atomic E-state index is 0.0310. The van der Waals surface area contributed by atoms with Crippen molar-refractivity contribution in [2.45, 2.75) is 33.4 Å². The zero-order chi connectivity index (χ0) is 21.3. The molecule has 1 saturated heterocycles. The highest BCUT2D eigenvalue weighted by atomic mass is 32.1. The van der Waals surface area contributed by atoms with Crippen LogP contribution in [-0.2, 0) is 6.54 Å². The van der Waals surface area contributed by atoms with E-state index in [1.807, 2.05) is 67.0 Å². The molecule has 0 N–H and O–H groups in total. The summed E-state index contributed by atoms with van der Waals surface area (Å²) < 4.78 is 2.09. The maximum absolute atomic E-state index is 13.4. The lowest BCUT2D eigenvalue weighted by Gasteiger charge is -2.40. The van der Waals surface area contributed by atoms with Gasteiger partial charge in [-0.1, -0.05) is 29.8 Å². The number of benzene rings is 1. The maximum atomic E-state index is 13.4. The molecule has 0 spiro atoms. The topological polar surface area (TPSA) is 45.6 Å². The normalized spacial score (nSPS) is 17.2. The Morgan fingerprint density at radius 3 is 2.60 bits per heavy atom. The van der Waals surface area contributed by atoms with Gasteiger partial charge in [-0.3, -0.25) is 9.59 Å². The Balaban J connectivity index is 1.51. The first-order chi connectivity index (χ1) is 14.5. The van der Waals surface area contributed by atoms with Crippen LogP contribution in [-0.4, -0.2) is 51.9 Å². The van der Waals surface area contributed by atoms with Gasteiger partial charge in [-0.2, -0.15) is 0 Å². The van der Waals surface area contributed by atoms with Gasteiger partial charge in [0.25, 0.3) is 11.8 Å². The molecule has 0 radical (unpaired) electrons. The summed E-state index contributed by atoms with van der Waals surface area (Å²) in [6.07, 6.45) is 4.07. The van der Waals surface area contributed by atoms with Gasteiger partial charge in [-0.05, 0) is 50.4 Å². The third kappa shape index (κ3) is 3.79. The zero-order valence-corrected chi connectivity index (χ0v) is 18.5. The molecule has 1 aliphatic heterocycles. The van der Waals surface area contributed by atoms with E-state index < -0.39 is 0 Å². The van der Waals surface area contributed by atoms with Crippen molar-refractivity contribution in [3.05, 3.63) is 70.8 Å². The molecule has 6 heteroatoms. The number of aromatic nitrogens is 1. The van der Waals surface area contributed by atoms with Crippen LogP contribution in [0.1, 0.15) is 40.3 Å². The molecule has 1 fully saturated rings. The van der Waals surface area contributed by atoms with Crippen LogP contribution in [0.25, 0.3) is 10.2 Å². The van der Waals surface area contributed by atoms with Crippen molar-refractivity contribution in [2.24, 2.45) is 0 Å². The van der Waals surface area contributed by atoms with Crippen molar-refractivity contribution in [1.29, 1.82) is 0 Å². The number of hydrogen-bond acceptors (Lipinski definition) is 3. The number of thiophene rings is 1. The van der Waals surface area contributed by atoms with Gasteiger partial charge in [0.2, 0.25) is 0 Å². The second kappa shape index (κ2) is 8.48.